The van der Waals surface area contributed by atoms with Crippen LogP contribution in [0.2, 0.25) is 0 Å². The molecule has 0 radical (unpaired) electrons. The predicted molar refractivity (Wildman–Crippen MR) is 67.2 cm³/mol. The van der Waals surface area contributed by atoms with E-state index in [4.69, 9.17) is 4.74 Å². The van der Waals surface area contributed by atoms with Crippen LogP contribution in [0.3, 0.4) is 0 Å². The molecule has 3 rings (SSSR count). The average Bonchev–Trinajstić information content (AvgIpc) is 3.06. The molecular formula is C12H14FN4O4+. The number of aliphatic hydroxyl groups is 1. The number of alkyl halides is 1. The minimum atomic E-state index is -1.56. The van der Waals surface area contributed by atoms with Crippen LogP contribution in [0.4, 0.5) is 4.39 Å². The number of aliphatic hydroxyl groups excluding tert-OH is 1. The van der Waals surface area contributed by atoms with Gasteiger partial charge in [-0.1, -0.05) is 0 Å². The largest absolute Gasteiger partial charge is 0.393 e. The lowest BCUT2D eigenvalue weighted by atomic mass is 10.1. The van der Waals surface area contributed by atoms with E-state index < -0.39 is 42.4 Å². The second-order valence-electron chi connectivity index (χ2n) is 4.76. The van der Waals surface area contributed by atoms with Gasteiger partial charge in [-0.3, -0.25) is 19.3 Å². The second-order valence-corrected chi connectivity index (χ2v) is 4.76. The number of aromatic nitrogens is 4. The van der Waals surface area contributed by atoms with E-state index in [-0.39, 0.29) is 0 Å². The number of halogens is 1. The van der Waals surface area contributed by atoms with Crippen molar-refractivity contribution in [1.29, 1.82) is 0 Å². The van der Waals surface area contributed by atoms with Gasteiger partial charge in [-0.2, -0.15) is 0 Å². The maximum Gasteiger partial charge on any atom is 0.330 e. The Morgan fingerprint density at radius 2 is 2.29 bits per heavy atom. The molecule has 1 aliphatic rings. The lowest BCUT2D eigenvalue weighted by Crippen LogP contribution is -2.47. The van der Waals surface area contributed by atoms with Crippen molar-refractivity contribution in [3.8, 4) is 0 Å². The molecule has 0 saturated carbocycles. The fraction of sp³-hybridized carbons (Fsp3) is 0.417. The number of ether oxygens (including phenoxy) is 1. The van der Waals surface area contributed by atoms with Gasteiger partial charge in [0, 0.05) is 12.3 Å². The van der Waals surface area contributed by atoms with Gasteiger partial charge in [0.25, 0.3) is 5.56 Å². The molecule has 21 heavy (non-hydrogen) atoms. The molecule has 0 unspecified atom stereocenters. The summed E-state index contributed by atoms with van der Waals surface area (Å²) in [5.41, 5.74) is -1.33. The molecule has 0 amide bonds. The number of imidazole rings is 1. The van der Waals surface area contributed by atoms with Crippen LogP contribution < -0.4 is 15.8 Å². The molecule has 0 spiro atoms. The number of hydrogen-bond donors (Lipinski definition) is 3. The van der Waals surface area contributed by atoms with Crippen molar-refractivity contribution in [3.05, 3.63) is 51.8 Å². The van der Waals surface area contributed by atoms with Crippen LogP contribution in [-0.4, -0.2) is 38.5 Å². The van der Waals surface area contributed by atoms with Crippen LogP contribution in [0.1, 0.15) is 12.3 Å². The van der Waals surface area contributed by atoms with Crippen LogP contribution in [0.15, 0.2) is 40.6 Å². The summed E-state index contributed by atoms with van der Waals surface area (Å²) in [6.07, 6.45) is 2.37. The lowest BCUT2D eigenvalue weighted by Gasteiger charge is -2.15. The molecule has 3 N–H and O–H groups in total. The van der Waals surface area contributed by atoms with Gasteiger partial charge in [0.2, 0.25) is 6.33 Å². The quantitative estimate of drug-likeness (QED) is 0.607. The number of nitrogens with one attached hydrogen (secondary N) is 2. The Morgan fingerprint density at radius 3 is 2.90 bits per heavy atom. The van der Waals surface area contributed by atoms with Crippen LogP contribution in [-0.2, 0) is 4.74 Å². The summed E-state index contributed by atoms with van der Waals surface area (Å²) in [4.78, 5) is 27.6. The van der Waals surface area contributed by atoms with E-state index in [9.17, 15) is 19.1 Å². The Bertz CT molecular complexity index is 725. The molecular weight excluding hydrogens is 283 g/mol. The van der Waals surface area contributed by atoms with Gasteiger partial charge in [0.15, 0.2) is 18.4 Å². The topological polar surface area (TPSA) is 104 Å². The standard InChI is InChI=1S/C12H13FN4O4/c13-9-10(16-4-2-14-6-16)7(5-18)21-11(9)17-3-1-8(19)15-12(17)20/h1-4,6-7,9-11,18H,5H2,(H,15,19,20)/p+1/t7-,9-,10-,11-/m1/s1. The van der Waals surface area contributed by atoms with E-state index in [1.54, 1.807) is 23.3 Å². The number of aromatic amines is 2. The Hall–Kier alpha value is -2.26. The summed E-state index contributed by atoms with van der Waals surface area (Å²) in [6.45, 7) is -0.391. The third kappa shape index (κ3) is 2.30. The normalized spacial score (nSPS) is 28.9. The van der Waals surface area contributed by atoms with Gasteiger partial charge in [-0.05, 0) is 0 Å². The summed E-state index contributed by atoms with van der Waals surface area (Å²) in [6, 6.07) is 0.340. The maximum absolute atomic E-state index is 14.7. The molecule has 9 heteroatoms. The van der Waals surface area contributed by atoms with Crippen molar-refractivity contribution in [2.75, 3.05) is 6.61 Å². The van der Waals surface area contributed by atoms with Gasteiger partial charge < -0.3 is 9.84 Å². The van der Waals surface area contributed by atoms with E-state index in [0.29, 0.717) is 0 Å². The van der Waals surface area contributed by atoms with E-state index in [1.165, 1.54) is 6.20 Å². The van der Waals surface area contributed by atoms with Crippen molar-refractivity contribution in [2.45, 2.75) is 24.5 Å². The molecule has 3 heterocycles. The van der Waals surface area contributed by atoms with Gasteiger partial charge in [0.05, 0.1) is 6.61 Å². The van der Waals surface area contributed by atoms with Crippen LogP contribution >= 0.6 is 0 Å². The Morgan fingerprint density at radius 1 is 1.48 bits per heavy atom. The zero-order chi connectivity index (χ0) is 15.0. The highest BCUT2D eigenvalue weighted by atomic mass is 19.1. The highest BCUT2D eigenvalue weighted by Gasteiger charge is 2.49. The molecule has 1 aliphatic heterocycles. The fourth-order valence-electron chi connectivity index (χ4n) is 2.55. The fourth-order valence-corrected chi connectivity index (χ4v) is 2.55. The monoisotopic (exact) mass is 297 g/mol. The summed E-state index contributed by atoms with van der Waals surface area (Å²) in [5.74, 6) is 0. The molecule has 8 nitrogen and oxygen atoms in total. The highest BCUT2D eigenvalue weighted by Crippen LogP contribution is 2.35. The average molecular weight is 297 g/mol. The maximum atomic E-state index is 14.7. The summed E-state index contributed by atoms with van der Waals surface area (Å²) in [7, 11) is 0. The Kier molecular flexibility index (Phi) is 3.43. The van der Waals surface area contributed by atoms with Crippen molar-refractivity contribution < 1.29 is 18.8 Å². The van der Waals surface area contributed by atoms with Crippen LogP contribution in [0, 0.1) is 0 Å². The van der Waals surface area contributed by atoms with Gasteiger partial charge in [-0.15, -0.1) is 0 Å². The predicted octanol–water partition coefficient (Wildman–Crippen LogP) is -1.38. The number of rotatable bonds is 3. The SMILES string of the molecule is O=c1ccn([C@@H]2O[C@H](CO)[C@@H]([n+]3cc[nH]c3)[C@H]2F)c(=O)[nH]1. The molecule has 0 bridgehead atoms. The third-order valence-electron chi connectivity index (χ3n) is 3.51. The van der Waals surface area contributed by atoms with Crippen molar-refractivity contribution in [3.63, 3.8) is 0 Å². The zero-order valence-corrected chi connectivity index (χ0v) is 10.8. The first kappa shape index (κ1) is 13.7. The molecule has 1 saturated heterocycles. The second kappa shape index (κ2) is 5.26. The smallest absolute Gasteiger partial charge is 0.330 e. The minimum absolute atomic E-state index is 0.391. The Labute approximate surface area is 117 Å². The van der Waals surface area contributed by atoms with Gasteiger partial charge >= 0.3 is 5.69 Å². The van der Waals surface area contributed by atoms with Crippen LogP contribution in [0.25, 0.3) is 0 Å². The molecule has 0 aromatic carbocycles. The van der Waals surface area contributed by atoms with E-state index >= 15 is 0 Å². The van der Waals surface area contributed by atoms with Crippen molar-refractivity contribution in [2.24, 2.45) is 0 Å². The number of hydrogen-bond acceptors (Lipinski definition) is 4. The van der Waals surface area contributed by atoms with E-state index in [1.807, 2.05) is 4.98 Å². The summed E-state index contributed by atoms with van der Waals surface area (Å²) >= 11 is 0. The first-order valence-corrected chi connectivity index (χ1v) is 6.37. The van der Waals surface area contributed by atoms with E-state index in [2.05, 4.69) is 4.98 Å². The summed E-state index contributed by atoms with van der Waals surface area (Å²) in [5, 5.41) is 9.37. The Balaban J connectivity index is 1.98. The molecule has 2 aromatic heterocycles. The summed E-state index contributed by atoms with van der Waals surface area (Å²) < 4.78 is 22.7. The van der Waals surface area contributed by atoms with Crippen molar-refractivity contribution in [1.82, 2.24) is 14.5 Å². The zero-order valence-electron chi connectivity index (χ0n) is 10.8. The van der Waals surface area contributed by atoms with Crippen LogP contribution in [0.5, 0.6) is 0 Å². The van der Waals surface area contributed by atoms with Gasteiger partial charge in [0.1, 0.15) is 18.5 Å². The molecule has 0 aliphatic carbocycles. The lowest BCUT2D eigenvalue weighted by molar-refractivity contribution is -0.729. The third-order valence-corrected chi connectivity index (χ3v) is 3.51. The molecule has 4 atom stereocenters. The molecule has 1 fully saturated rings. The van der Waals surface area contributed by atoms with Crippen molar-refractivity contribution >= 4 is 0 Å². The first-order chi connectivity index (χ1) is 10.1. The molecule has 2 aromatic rings. The molecule has 112 valence electrons. The highest BCUT2D eigenvalue weighted by molar-refractivity contribution is 4.91. The minimum Gasteiger partial charge on any atom is -0.393 e. The number of nitrogens with zero attached hydrogens (tertiary/aromatic N) is 2. The van der Waals surface area contributed by atoms with E-state index in [0.717, 1.165) is 10.6 Å². The first-order valence-electron chi connectivity index (χ1n) is 6.37. The number of H-pyrrole nitrogens is 2. The van der Waals surface area contributed by atoms with Gasteiger partial charge in [-0.25, -0.2) is 13.8 Å².